The third-order valence-corrected chi connectivity index (χ3v) is 4.47. The molecule has 5 nitrogen and oxygen atoms in total. The van der Waals surface area contributed by atoms with E-state index in [2.05, 4.69) is 21.2 Å². The number of nitro groups is 1. The van der Waals surface area contributed by atoms with Crippen molar-refractivity contribution in [1.29, 1.82) is 0 Å². The second kappa shape index (κ2) is 6.15. The van der Waals surface area contributed by atoms with E-state index in [-0.39, 0.29) is 23.2 Å². The number of rotatable bonds is 4. The Morgan fingerprint density at radius 3 is 2.80 bits per heavy atom. The lowest BCUT2D eigenvalue weighted by Crippen LogP contribution is -2.26. The quantitative estimate of drug-likeness (QED) is 0.668. The van der Waals surface area contributed by atoms with E-state index in [9.17, 15) is 14.9 Å². The molecule has 1 atom stereocenters. The molecule has 104 valence electrons. The van der Waals surface area contributed by atoms with Gasteiger partial charge in [-0.3, -0.25) is 14.9 Å². The fourth-order valence-electron chi connectivity index (χ4n) is 1.68. The molecule has 20 heavy (non-hydrogen) atoms. The van der Waals surface area contributed by atoms with Gasteiger partial charge in [0, 0.05) is 21.5 Å². The molecule has 0 aliphatic rings. The zero-order valence-corrected chi connectivity index (χ0v) is 12.9. The molecule has 7 heteroatoms. The van der Waals surface area contributed by atoms with Crippen LogP contribution in [0.25, 0.3) is 0 Å². The molecule has 2 aromatic rings. The van der Waals surface area contributed by atoms with E-state index in [0.717, 1.165) is 4.88 Å². The van der Waals surface area contributed by atoms with Gasteiger partial charge in [0.15, 0.2) is 0 Å². The molecule has 1 amide bonds. The molecule has 1 aromatic carbocycles. The minimum atomic E-state index is -0.522. The Balaban J connectivity index is 2.20. The highest BCUT2D eigenvalue weighted by Gasteiger charge is 2.18. The fraction of sp³-hybridized carbons (Fsp3) is 0.154. The van der Waals surface area contributed by atoms with Gasteiger partial charge < -0.3 is 5.32 Å². The van der Waals surface area contributed by atoms with Crippen LogP contribution < -0.4 is 5.32 Å². The standard InChI is InChI=1S/C13H11BrN2O3S/c1-8(12-3-2-6-20-12)15-13(17)10-7-9(16(18)19)4-5-11(10)14/h2-8H,1H3,(H,15,17). The molecule has 1 aromatic heterocycles. The largest absolute Gasteiger partial charge is 0.345 e. The zero-order chi connectivity index (χ0) is 14.7. The van der Waals surface area contributed by atoms with E-state index in [0.29, 0.717) is 4.47 Å². The third kappa shape index (κ3) is 3.23. The Kier molecular flexibility index (Phi) is 4.51. The molecule has 1 heterocycles. The predicted molar refractivity (Wildman–Crippen MR) is 81.0 cm³/mol. The van der Waals surface area contributed by atoms with E-state index < -0.39 is 4.92 Å². The number of thiophene rings is 1. The second-order valence-corrected chi connectivity index (χ2v) is 5.97. The van der Waals surface area contributed by atoms with Gasteiger partial charge in [-0.05, 0) is 40.4 Å². The molecule has 2 rings (SSSR count). The number of benzene rings is 1. The summed E-state index contributed by atoms with van der Waals surface area (Å²) in [4.78, 5) is 23.4. The van der Waals surface area contributed by atoms with Crippen LogP contribution in [0.1, 0.15) is 28.2 Å². The molecule has 1 N–H and O–H groups in total. The molecule has 0 saturated carbocycles. The van der Waals surface area contributed by atoms with Crippen LogP contribution in [0.3, 0.4) is 0 Å². The van der Waals surface area contributed by atoms with Crippen molar-refractivity contribution < 1.29 is 9.72 Å². The molecule has 1 unspecified atom stereocenters. The summed E-state index contributed by atoms with van der Waals surface area (Å²) in [5.41, 5.74) is 0.143. The average molecular weight is 355 g/mol. The fourth-order valence-corrected chi connectivity index (χ4v) is 2.85. The Bertz CT molecular complexity index is 643. The van der Waals surface area contributed by atoms with Crippen molar-refractivity contribution in [1.82, 2.24) is 5.32 Å². The van der Waals surface area contributed by atoms with Crippen molar-refractivity contribution in [2.75, 3.05) is 0 Å². The summed E-state index contributed by atoms with van der Waals surface area (Å²) in [5, 5.41) is 15.5. The second-order valence-electron chi connectivity index (χ2n) is 4.13. The lowest BCUT2D eigenvalue weighted by molar-refractivity contribution is -0.384. The molecule has 0 radical (unpaired) electrons. The maximum Gasteiger partial charge on any atom is 0.270 e. The molecule has 0 aliphatic heterocycles. The lowest BCUT2D eigenvalue weighted by atomic mass is 10.1. The highest BCUT2D eigenvalue weighted by molar-refractivity contribution is 9.10. The van der Waals surface area contributed by atoms with Crippen LogP contribution in [0.4, 0.5) is 5.69 Å². The number of amides is 1. The van der Waals surface area contributed by atoms with Crippen LogP contribution in [-0.4, -0.2) is 10.8 Å². The SMILES string of the molecule is CC(NC(=O)c1cc([N+](=O)[O-])ccc1Br)c1cccs1. The number of carbonyl (C=O) groups excluding carboxylic acids is 1. The van der Waals surface area contributed by atoms with Crippen LogP contribution in [0.2, 0.25) is 0 Å². The summed E-state index contributed by atoms with van der Waals surface area (Å²) in [5.74, 6) is -0.346. The van der Waals surface area contributed by atoms with Crippen molar-refractivity contribution in [3.8, 4) is 0 Å². The highest BCUT2D eigenvalue weighted by Crippen LogP contribution is 2.24. The monoisotopic (exact) mass is 354 g/mol. The smallest absolute Gasteiger partial charge is 0.270 e. The number of carbonyl (C=O) groups is 1. The van der Waals surface area contributed by atoms with Crippen molar-refractivity contribution in [3.05, 3.63) is 60.7 Å². The summed E-state index contributed by atoms with van der Waals surface area (Å²) >= 11 is 4.78. The van der Waals surface area contributed by atoms with Crippen LogP contribution >= 0.6 is 27.3 Å². The van der Waals surface area contributed by atoms with Gasteiger partial charge >= 0.3 is 0 Å². The predicted octanol–water partition coefficient (Wildman–Crippen LogP) is 3.91. The van der Waals surface area contributed by atoms with Gasteiger partial charge in [0.1, 0.15) is 0 Å². The first kappa shape index (κ1) is 14.7. The van der Waals surface area contributed by atoms with Crippen molar-refractivity contribution in [2.24, 2.45) is 0 Å². The first-order chi connectivity index (χ1) is 9.49. The van der Waals surface area contributed by atoms with Crippen LogP contribution in [0.15, 0.2) is 40.2 Å². The number of non-ortho nitro benzene ring substituents is 1. The first-order valence-corrected chi connectivity index (χ1v) is 7.44. The molecule has 0 fully saturated rings. The minimum Gasteiger partial charge on any atom is -0.345 e. The average Bonchev–Trinajstić information content (AvgIpc) is 2.92. The van der Waals surface area contributed by atoms with E-state index >= 15 is 0 Å². The molecule has 0 saturated heterocycles. The van der Waals surface area contributed by atoms with Crippen molar-refractivity contribution >= 4 is 38.9 Å². The van der Waals surface area contributed by atoms with E-state index in [1.165, 1.54) is 18.2 Å². The Morgan fingerprint density at radius 2 is 2.20 bits per heavy atom. The van der Waals surface area contributed by atoms with Crippen molar-refractivity contribution in [2.45, 2.75) is 13.0 Å². The van der Waals surface area contributed by atoms with E-state index in [4.69, 9.17) is 0 Å². The summed E-state index contributed by atoms with van der Waals surface area (Å²) in [6, 6.07) is 7.81. The van der Waals surface area contributed by atoms with Gasteiger partial charge in [0.25, 0.3) is 11.6 Å². The third-order valence-electron chi connectivity index (χ3n) is 2.72. The molecular weight excluding hydrogens is 344 g/mol. The topological polar surface area (TPSA) is 72.2 Å². The van der Waals surface area contributed by atoms with Gasteiger partial charge in [0.2, 0.25) is 0 Å². The summed E-state index contributed by atoms with van der Waals surface area (Å²) in [7, 11) is 0. The maximum absolute atomic E-state index is 12.2. The van der Waals surface area contributed by atoms with Gasteiger partial charge in [-0.15, -0.1) is 11.3 Å². The summed E-state index contributed by atoms with van der Waals surface area (Å²) in [6.45, 7) is 1.87. The zero-order valence-electron chi connectivity index (χ0n) is 10.5. The first-order valence-electron chi connectivity index (χ1n) is 5.77. The molecule has 0 aliphatic carbocycles. The Hall–Kier alpha value is -1.73. The summed E-state index contributed by atoms with van der Waals surface area (Å²) in [6.07, 6.45) is 0. The van der Waals surface area contributed by atoms with Crippen LogP contribution in [0.5, 0.6) is 0 Å². The number of hydrogen-bond donors (Lipinski definition) is 1. The molecular formula is C13H11BrN2O3S. The maximum atomic E-state index is 12.2. The Morgan fingerprint density at radius 1 is 1.45 bits per heavy atom. The van der Waals surface area contributed by atoms with Crippen molar-refractivity contribution in [3.63, 3.8) is 0 Å². The van der Waals surface area contributed by atoms with Gasteiger partial charge in [-0.1, -0.05) is 6.07 Å². The number of nitro benzene ring substituents is 1. The van der Waals surface area contributed by atoms with Gasteiger partial charge in [0.05, 0.1) is 16.5 Å². The normalized spacial score (nSPS) is 11.9. The molecule has 0 bridgehead atoms. The Labute approximate surface area is 127 Å². The lowest BCUT2D eigenvalue weighted by Gasteiger charge is -2.13. The van der Waals surface area contributed by atoms with Crippen LogP contribution in [0, 0.1) is 10.1 Å². The summed E-state index contributed by atoms with van der Waals surface area (Å²) < 4.78 is 0.527. The van der Waals surface area contributed by atoms with E-state index in [1.807, 2.05) is 24.4 Å². The highest BCUT2D eigenvalue weighted by atomic mass is 79.9. The van der Waals surface area contributed by atoms with Gasteiger partial charge in [-0.25, -0.2) is 0 Å². The number of hydrogen-bond acceptors (Lipinski definition) is 4. The molecule has 0 spiro atoms. The number of nitrogens with zero attached hydrogens (tertiary/aromatic N) is 1. The number of nitrogens with one attached hydrogen (secondary N) is 1. The number of halogens is 1. The van der Waals surface area contributed by atoms with E-state index in [1.54, 1.807) is 11.3 Å². The van der Waals surface area contributed by atoms with Crippen LogP contribution in [-0.2, 0) is 0 Å². The minimum absolute atomic E-state index is 0.109. The van der Waals surface area contributed by atoms with Gasteiger partial charge in [-0.2, -0.15) is 0 Å².